The Bertz CT molecular complexity index is 594. The van der Waals surface area contributed by atoms with Gasteiger partial charge in [0.15, 0.2) is 5.75 Å². The molecule has 0 unspecified atom stereocenters. The lowest BCUT2D eigenvalue weighted by Gasteiger charge is -2.08. The fourth-order valence-electron chi connectivity index (χ4n) is 1.19. The van der Waals surface area contributed by atoms with Gasteiger partial charge in [-0.05, 0) is 40.8 Å². The van der Waals surface area contributed by atoms with E-state index in [1.54, 1.807) is 24.4 Å². The van der Waals surface area contributed by atoms with Gasteiger partial charge >= 0.3 is 0 Å². The number of nitrogens with two attached hydrogens (primary N) is 1. The molecule has 0 spiro atoms. The van der Waals surface area contributed by atoms with Crippen molar-refractivity contribution >= 4 is 28.3 Å². The van der Waals surface area contributed by atoms with E-state index in [9.17, 15) is 0 Å². The smallest absolute Gasteiger partial charge is 0.235 e. The number of aromatic nitrogens is 2. The predicted molar refractivity (Wildman–Crippen MR) is 70.4 cm³/mol. The van der Waals surface area contributed by atoms with Crippen LogP contribution in [0.5, 0.6) is 11.6 Å². The third-order valence-electron chi connectivity index (χ3n) is 1.98. The normalized spacial score (nSPS) is 9.65. The molecule has 6 heteroatoms. The third kappa shape index (κ3) is 2.62. The van der Waals surface area contributed by atoms with Crippen molar-refractivity contribution in [2.45, 2.75) is 0 Å². The summed E-state index contributed by atoms with van der Waals surface area (Å²) >= 11 is 2.07. The standard InChI is InChI=1S/C11H7IN4O/c12-8-5-15-6-16-11(8)17-10-2-1-7(4-13)3-9(10)14/h1-3,5-6H,14H2. The molecule has 0 aliphatic carbocycles. The van der Waals surface area contributed by atoms with E-state index < -0.39 is 0 Å². The molecule has 0 radical (unpaired) electrons. The molecule has 0 fully saturated rings. The molecular weight excluding hydrogens is 331 g/mol. The summed E-state index contributed by atoms with van der Waals surface area (Å²) in [6.45, 7) is 0. The van der Waals surface area contributed by atoms with E-state index in [2.05, 4.69) is 32.6 Å². The zero-order valence-corrected chi connectivity index (χ0v) is 10.7. The lowest BCUT2D eigenvalue weighted by atomic mass is 10.2. The van der Waals surface area contributed by atoms with Gasteiger partial charge in [-0.25, -0.2) is 9.97 Å². The second kappa shape index (κ2) is 4.97. The Kier molecular flexibility index (Phi) is 3.39. The van der Waals surface area contributed by atoms with Crippen LogP contribution in [0.3, 0.4) is 0 Å². The molecule has 17 heavy (non-hydrogen) atoms. The summed E-state index contributed by atoms with van der Waals surface area (Å²) < 4.78 is 6.33. The van der Waals surface area contributed by atoms with E-state index >= 15 is 0 Å². The summed E-state index contributed by atoms with van der Waals surface area (Å²) in [5, 5.41) is 8.72. The number of nitriles is 1. The first-order valence-corrected chi connectivity index (χ1v) is 5.71. The SMILES string of the molecule is N#Cc1ccc(Oc2ncncc2I)c(N)c1. The predicted octanol–water partition coefficient (Wildman–Crippen LogP) is 2.33. The van der Waals surface area contributed by atoms with Crippen LogP contribution in [-0.4, -0.2) is 9.97 Å². The number of halogens is 1. The van der Waals surface area contributed by atoms with Gasteiger partial charge in [-0.1, -0.05) is 0 Å². The number of nitrogens with zero attached hydrogens (tertiary/aromatic N) is 3. The number of anilines is 1. The first-order valence-electron chi connectivity index (χ1n) is 4.63. The van der Waals surface area contributed by atoms with Crippen molar-refractivity contribution in [3.63, 3.8) is 0 Å². The third-order valence-corrected chi connectivity index (χ3v) is 2.72. The quantitative estimate of drug-likeness (QED) is 0.671. The van der Waals surface area contributed by atoms with Crippen LogP contribution >= 0.6 is 22.6 Å². The van der Waals surface area contributed by atoms with Gasteiger partial charge < -0.3 is 10.5 Å². The highest BCUT2D eigenvalue weighted by Crippen LogP contribution is 2.28. The molecule has 2 aromatic rings. The van der Waals surface area contributed by atoms with E-state index in [0.29, 0.717) is 22.9 Å². The van der Waals surface area contributed by atoms with Gasteiger partial charge in [-0.15, -0.1) is 0 Å². The molecule has 2 rings (SSSR count). The van der Waals surface area contributed by atoms with E-state index in [1.165, 1.54) is 6.33 Å². The summed E-state index contributed by atoms with van der Waals surface area (Å²) in [6, 6.07) is 6.85. The second-order valence-corrected chi connectivity index (χ2v) is 4.30. The van der Waals surface area contributed by atoms with Crippen LogP contribution in [0.2, 0.25) is 0 Å². The Morgan fingerprint density at radius 3 is 2.88 bits per heavy atom. The van der Waals surface area contributed by atoms with Crippen LogP contribution in [0.4, 0.5) is 5.69 Å². The van der Waals surface area contributed by atoms with Crippen molar-refractivity contribution in [1.82, 2.24) is 9.97 Å². The summed E-state index contributed by atoms with van der Waals surface area (Å²) in [5.41, 5.74) is 6.67. The van der Waals surface area contributed by atoms with Crippen molar-refractivity contribution in [2.24, 2.45) is 0 Å². The molecule has 0 aliphatic rings. The monoisotopic (exact) mass is 338 g/mol. The summed E-state index contributed by atoms with van der Waals surface area (Å²) in [7, 11) is 0. The first-order chi connectivity index (χ1) is 8.20. The Morgan fingerprint density at radius 2 is 2.24 bits per heavy atom. The molecule has 0 bridgehead atoms. The summed E-state index contributed by atoms with van der Waals surface area (Å²) in [6.07, 6.45) is 3.04. The Labute approximate surface area is 111 Å². The maximum atomic E-state index is 8.72. The number of hydrogen-bond acceptors (Lipinski definition) is 5. The highest BCUT2D eigenvalue weighted by Gasteiger charge is 2.07. The lowest BCUT2D eigenvalue weighted by molar-refractivity contribution is 0.460. The molecule has 0 saturated carbocycles. The van der Waals surface area contributed by atoms with E-state index in [4.69, 9.17) is 15.7 Å². The lowest BCUT2D eigenvalue weighted by Crippen LogP contribution is -1.96. The average molecular weight is 338 g/mol. The maximum Gasteiger partial charge on any atom is 0.235 e. The molecule has 1 aromatic heterocycles. The zero-order chi connectivity index (χ0) is 12.3. The van der Waals surface area contributed by atoms with Crippen molar-refractivity contribution in [2.75, 3.05) is 5.73 Å². The minimum Gasteiger partial charge on any atom is -0.436 e. The highest BCUT2D eigenvalue weighted by molar-refractivity contribution is 14.1. The summed E-state index contributed by atoms with van der Waals surface area (Å²) in [4.78, 5) is 7.86. The average Bonchev–Trinajstić information content (AvgIpc) is 2.34. The van der Waals surface area contributed by atoms with Gasteiger partial charge in [-0.2, -0.15) is 5.26 Å². The van der Waals surface area contributed by atoms with E-state index in [0.717, 1.165) is 3.57 Å². The van der Waals surface area contributed by atoms with Crippen LogP contribution in [0.15, 0.2) is 30.7 Å². The van der Waals surface area contributed by atoms with Gasteiger partial charge in [0, 0.05) is 6.20 Å². The van der Waals surface area contributed by atoms with Crippen LogP contribution in [0.25, 0.3) is 0 Å². The number of benzene rings is 1. The fourth-order valence-corrected chi connectivity index (χ4v) is 1.60. The van der Waals surface area contributed by atoms with Gasteiger partial charge in [0.1, 0.15) is 6.33 Å². The number of ether oxygens (including phenoxy) is 1. The van der Waals surface area contributed by atoms with Gasteiger partial charge in [0.25, 0.3) is 0 Å². The molecule has 5 nitrogen and oxygen atoms in total. The number of hydrogen-bond donors (Lipinski definition) is 1. The highest BCUT2D eigenvalue weighted by atomic mass is 127. The van der Waals surface area contributed by atoms with Crippen LogP contribution in [0, 0.1) is 14.9 Å². The van der Waals surface area contributed by atoms with Crippen molar-refractivity contribution < 1.29 is 4.74 Å². The molecule has 1 heterocycles. The van der Waals surface area contributed by atoms with Crippen LogP contribution in [-0.2, 0) is 0 Å². The second-order valence-electron chi connectivity index (χ2n) is 3.14. The summed E-state index contributed by atoms with van der Waals surface area (Å²) in [5.74, 6) is 0.914. The molecular formula is C11H7IN4O. The van der Waals surface area contributed by atoms with Gasteiger partial charge in [-0.3, -0.25) is 0 Å². The first kappa shape index (κ1) is 11.6. The van der Waals surface area contributed by atoms with E-state index in [1.807, 2.05) is 6.07 Å². The minimum atomic E-state index is 0.401. The zero-order valence-electron chi connectivity index (χ0n) is 8.59. The van der Waals surface area contributed by atoms with E-state index in [-0.39, 0.29) is 0 Å². The van der Waals surface area contributed by atoms with Crippen molar-refractivity contribution in [3.8, 4) is 17.7 Å². The molecule has 84 valence electrons. The molecule has 0 saturated heterocycles. The molecule has 1 aromatic carbocycles. The van der Waals surface area contributed by atoms with Gasteiger partial charge in [0.2, 0.25) is 5.88 Å². The number of nitrogen functional groups attached to an aromatic ring is 1. The number of rotatable bonds is 2. The van der Waals surface area contributed by atoms with Crippen molar-refractivity contribution in [1.29, 1.82) is 5.26 Å². The Balaban J connectivity index is 2.32. The molecule has 2 N–H and O–H groups in total. The fraction of sp³-hybridized carbons (Fsp3) is 0. The van der Waals surface area contributed by atoms with Crippen LogP contribution < -0.4 is 10.5 Å². The van der Waals surface area contributed by atoms with Crippen molar-refractivity contribution in [3.05, 3.63) is 39.9 Å². The maximum absolute atomic E-state index is 8.72. The Morgan fingerprint density at radius 1 is 1.41 bits per heavy atom. The Hall–Kier alpha value is -1.88. The topological polar surface area (TPSA) is 84.8 Å². The van der Waals surface area contributed by atoms with Gasteiger partial charge in [0.05, 0.1) is 20.9 Å². The van der Waals surface area contributed by atoms with Crippen LogP contribution in [0.1, 0.15) is 5.56 Å². The largest absolute Gasteiger partial charge is 0.436 e. The minimum absolute atomic E-state index is 0.401. The molecule has 0 amide bonds. The molecule has 0 aliphatic heterocycles. The molecule has 0 atom stereocenters.